The van der Waals surface area contributed by atoms with E-state index in [1.54, 1.807) is 0 Å². The summed E-state index contributed by atoms with van der Waals surface area (Å²) in [6, 6.07) is 6.15. The molecular formula is C12H14ClN3. The normalized spacial score (nSPS) is 17.9. The maximum atomic E-state index is 6.16. The van der Waals surface area contributed by atoms with Crippen molar-refractivity contribution in [2.24, 2.45) is 12.8 Å². The number of halogens is 1. The molecule has 2 aromatic rings. The smallest absolute Gasteiger partial charge is 0.158 e. The summed E-state index contributed by atoms with van der Waals surface area (Å²) < 4.78 is 1.85. The number of aromatic nitrogens is 2. The van der Waals surface area contributed by atoms with Crippen molar-refractivity contribution in [3.63, 3.8) is 0 Å². The maximum Gasteiger partial charge on any atom is 0.158 e. The van der Waals surface area contributed by atoms with Gasteiger partial charge in [-0.25, -0.2) is 0 Å². The highest BCUT2D eigenvalue weighted by molar-refractivity contribution is 6.34. The zero-order chi connectivity index (χ0) is 11.3. The molecule has 1 saturated carbocycles. The Labute approximate surface area is 99.2 Å². The van der Waals surface area contributed by atoms with Crippen molar-refractivity contribution in [1.82, 2.24) is 9.78 Å². The van der Waals surface area contributed by atoms with Crippen molar-refractivity contribution in [1.29, 1.82) is 0 Å². The Morgan fingerprint density at radius 3 is 2.94 bits per heavy atom. The van der Waals surface area contributed by atoms with Crippen molar-refractivity contribution < 1.29 is 0 Å². The number of fused-ring (bicyclic) bond motifs is 1. The predicted molar refractivity (Wildman–Crippen MR) is 65.6 cm³/mol. The topological polar surface area (TPSA) is 43.8 Å². The molecule has 1 fully saturated rings. The van der Waals surface area contributed by atoms with Crippen LogP contribution in [0.3, 0.4) is 0 Å². The Hall–Kier alpha value is -1.06. The van der Waals surface area contributed by atoms with E-state index in [0.717, 1.165) is 30.2 Å². The molecule has 0 amide bonds. The van der Waals surface area contributed by atoms with Gasteiger partial charge in [0.25, 0.3) is 0 Å². The van der Waals surface area contributed by atoms with Crippen LogP contribution in [-0.4, -0.2) is 15.3 Å². The lowest BCUT2D eigenvalue weighted by atomic mass is 10.0. The van der Waals surface area contributed by atoms with Crippen molar-refractivity contribution in [3.05, 3.63) is 28.9 Å². The van der Waals surface area contributed by atoms with E-state index in [1.165, 1.54) is 5.56 Å². The molecule has 1 aromatic carbocycles. The number of hydrogen-bond acceptors (Lipinski definition) is 2. The fraction of sp³-hybridized carbons (Fsp3) is 0.417. The summed E-state index contributed by atoms with van der Waals surface area (Å²) in [6.45, 7) is 0. The van der Waals surface area contributed by atoms with E-state index in [0.29, 0.717) is 5.15 Å². The van der Waals surface area contributed by atoms with E-state index in [1.807, 2.05) is 23.9 Å². The monoisotopic (exact) mass is 235 g/mol. The van der Waals surface area contributed by atoms with Crippen LogP contribution in [0.25, 0.3) is 10.9 Å². The molecule has 3 rings (SSSR count). The summed E-state index contributed by atoms with van der Waals surface area (Å²) in [6.07, 6.45) is 3.16. The van der Waals surface area contributed by atoms with Crippen LogP contribution in [0, 0.1) is 0 Å². The summed E-state index contributed by atoms with van der Waals surface area (Å²) in [5, 5.41) is 5.83. The molecule has 0 radical (unpaired) electrons. The molecule has 0 atom stereocenters. The van der Waals surface area contributed by atoms with Crippen LogP contribution in [0.5, 0.6) is 0 Å². The molecule has 0 spiro atoms. The van der Waals surface area contributed by atoms with E-state index in [9.17, 15) is 0 Å². The van der Waals surface area contributed by atoms with Gasteiger partial charge in [0.1, 0.15) is 0 Å². The van der Waals surface area contributed by atoms with Crippen LogP contribution in [0.2, 0.25) is 5.15 Å². The molecule has 4 heteroatoms. The Morgan fingerprint density at radius 1 is 1.50 bits per heavy atom. The molecule has 0 aliphatic heterocycles. The molecule has 2 N–H and O–H groups in total. The first-order valence-corrected chi connectivity index (χ1v) is 5.86. The largest absolute Gasteiger partial charge is 0.325 e. The Morgan fingerprint density at radius 2 is 2.25 bits per heavy atom. The second-order valence-electron chi connectivity index (χ2n) is 4.77. The zero-order valence-corrected chi connectivity index (χ0v) is 9.96. The van der Waals surface area contributed by atoms with Crippen LogP contribution in [0.4, 0.5) is 0 Å². The van der Waals surface area contributed by atoms with Gasteiger partial charge in [-0.15, -0.1) is 0 Å². The third-order valence-electron chi connectivity index (χ3n) is 3.34. The average molecular weight is 236 g/mol. The van der Waals surface area contributed by atoms with Gasteiger partial charge in [0.15, 0.2) is 5.15 Å². The van der Waals surface area contributed by atoms with Gasteiger partial charge < -0.3 is 5.73 Å². The van der Waals surface area contributed by atoms with E-state index in [4.69, 9.17) is 17.3 Å². The number of aryl methyl sites for hydroxylation is 1. The van der Waals surface area contributed by atoms with Crippen LogP contribution >= 0.6 is 11.6 Å². The summed E-state index contributed by atoms with van der Waals surface area (Å²) in [5.74, 6) is 0. The second-order valence-corrected chi connectivity index (χ2v) is 5.12. The van der Waals surface area contributed by atoms with Gasteiger partial charge in [-0.3, -0.25) is 4.68 Å². The molecule has 1 aliphatic carbocycles. The number of nitrogens with two attached hydrogens (primary N) is 1. The molecule has 0 bridgehead atoms. The lowest BCUT2D eigenvalue weighted by Crippen LogP contribution is -2.24. The third-order valence-corrected chi connectivity index (χ3v) is 3.62. The molecule has 1 aromatic heterocycles. The molecule has 1 aliphatic rings. The summed E-state index contributed by atoms with van der Waals surface area (Å²) >= 11 is 6.07. The summed E-state index contributed by atoms with van der Waals surface area (Å²) in [4.78, 5) is 0. The second kappa shape index (κ2) is 3.22. The minimum atomic E-state index is 0.0189. The first-order valence-electron chi connectivity index (χ1n) is 5.48. The molecule has 84 valence electrons. The maximum absolute atomic E-state index is 6.16. The first kappa shape index (κ1) is 10.1. The summed E-state index contributed by atoms with van der Waals surface area (Å²) in [7, 11) is 1.92. The van der Waals surface area contributed by atoms with Crippen molar-refractivity contribution in [2.45, 2.75) is 24.8 Å². The van der Waals surface area contributed by atoms with Crippen molar-refractivity contribution in [2.75, 3.05) is 0 Å². The van der Waals surface area contributed by atoms with Gasteiger partial charge in [-0.2, -0.15) is 5.10 Å². The van der Waals surface area contributed by atoms with Gasteiger partial charge in [0, 0.05) is 18.0 Å². The molecule has 1 heterocycles. The lowest BCUT2D eigenvalue weighted by molar-refractivity contribution is 0.670. The molecular weight excluding hydrogens is 222 g/mol. The molecule has 3 nitrogen and oxygen atoms in total. The van der Waals surface area contributed by atoms with Gasteiger partial charge >= 0.3 is 0 Å². The van der Waals surface area contributed by atoms with Gasteiger partial charge in [0.05, 0.1) is 5.52 Å². The standard InChI is InChI=1S/C12H14ClN3/c1-16-10-8(7-12(14)5-6-12)3-2-4-9(10)11(13)15-16/h2-4H,5-7,14H2,1H3. The fourth-order valence-corrected chi connectivity index (χ4v) is 2.50. The van der Waals surface area contributed by atoms with Gasteiger partial charge in [-0.1, -0.05) is 23.7 Å². The number of benzene rings is 1. The fourth-order valence-electron chi connectivity index (χ4n) is 2.23. The Kier molecular flexibility index (Phi) is 2.03. The van der Waals surface area contributed by atoms with E-state index in [2.05, 4.69) is 11.2 Å². The van der Waals surface area contributed by atoms with Crippen molar-refractivity contribution >= 4 is 22.5 Å². The average Bonchev–Trinajstić information content (AvgIpc) is 2.87. The molecule has 16 heavy (non-hydrogen) atoms. The molecule has 0 saturated heterocycles. The highest BCUT2D eigenvalue weighted by atomic mass is 35.5. The van der Waals surface area contributed by atoms with Crippen molar-refractivity contribution in [3.8, 4) is 0 Å². The van der Waals surface area contributed by atoms with E-state index < -0.39 is 0 Å². The number of rotatable bonds is 2. The SMILES string of the molecule is Cn1nc(Cl)c2cccc(CC3(N)CC3)c21. The summed E-state index contributed by atoms with van der Waals surface area (Å²) in [5.41, 5.74) is 8.55. The van der Waals surface area contributed by atoms with Crippen LogP contribution in [-0.2, 0) is 13.5 Å². The van der Waals surface area contributed by atoms with E-state index >= 15 is 0 Å². The van der Waals surface area contributed by atoms with Crippen LogP contribution in [0.1, 0.15) is 18.4 Å². The third kappa shape index (κ3) is 1.51. The Bertz CT molecular complexity index is 555. The predicted octanol–water partition coefficient (Wildman–Crippen LogP) is 2.26. The van der Waals surface area contributed by atoms with Gasteiger partial charge in [0.2, 0.25) is 0 Å². The number of hydrogen-bond donors (Lipinski definition) is 1. The minimum Gasteiger partial charge on any atom is -0.325 e. The number of nitrogens with zero attached hydrogens (tertiary/aromatic N) is 2. The number of para-hydroxylation sites is 1. The van der Waals surface area contributed by atoms with Crippen LogP contribution in [0.15, 0.2) is 18.2 Å². The van der Waals surface area contributed by atoms with E-state index in [-0.39, 0.29) is 5.54 Å². The Balaban J connectivity index is 2.16. The lowest BCUT2D eigenvalue weighted by Gasteiger charge is -2.10. The first-order chi connectivity index (χ1) is 7.59. The van der Waals surface area contributed by atoms with Crippen LogP contribution < -0.4 is 5.73 Å². The zero-order valence-electron chi connectivity index (χ0n) is 9.20. The molecule has 0 unspecified atom stereocenters. The quantitative estimate of drug-likeness (QED) is 0.868. The highest BCUT2D eigenvalue weighted by Crippen LogP contribution is 2.37. The minimum absolute atomic E-state index is 0.0189. The highest BCUT2D eigenvalue weighted by Gasteiger charge is 2.38. The van der Waals surface area contributed by atoms with Gasteiger partial charge in [-0.05, 0) is 30.9 Å².